The molecule has 8 heteroatoms. The number of amides is 1. The van der Waals surface area contributed by atoms with Crippen LogP contribution in [-0.2, 0) is 14.3 Å². The van der Waals surface area contributed by atoms with Gasteiger partial charge in [-0.05, 0) is 27.1 Å². The van der Waals surface area contributed by atoms with Crippen molar-refractivity contribution in [3.05, 3.63) is 0 Å². The van der Waals surface area contributed by atoms with Crippen molar-refractivity contribution in [1.29, 1.82) is 0 Å². The molecular formula is C8H19N3O4S. The fourth-order valence-corrected chi connectivity index (χ4v) is 1.91. The molecule has 0 aliphatic heterocycles. The highest BCUT2D eigenvalue weighted by atomic mass is 32.2. The Bertz CT molecular complexity index is 304. The van der Waals surface area contributed by atoms with E-state index < -0.39 is 16.2 Å². The van der Waals surface area contributed by atoms with E-state index in [0.717, 1.165) is 13.1 Å². The third kappa shape index (κ3) is 8.45. The third-order valence-corrected chi connectivity index (χ3v) is 3.09. The second-order valence-corrected chi connectivity index (χ2v) is 5.11. The predicted molar refractivity (Wildman–Crippen MR) is 60.5 cm³/mol. The molecule has 1 amide bonds. The zero-order chi connectivity index (χ0) is 12.6. The van der Waals surface area contributed by atoms with Gasteiger partial charge in [0.25, 0.3) is 0 Å². The lowest BCUT2D eigenvalue weighted by Gasteiger charge is -2.15. The molecule has 7 nitrogen and oxygen atoms in total. The Labute approximate surface area is 96.1 Å². The summed E-state index contributed by atoms with van der Waals surface area (Å²) >= 11 is 0. The van der Waals surface area contributed by atoms with Crippen LogP contribution in [0.1, 0.15) is 6.42 Å². The summed E-state index contributed by atoms with van der Waals surface area (Å²) in [4.78, 5) is 12.2. The predicted octanol–water partition coefficient (Wildman–Crippen LogP) is -1.05. The Balaban J connectivity index is 3.76. The Morgan fingerprint density at radius 1 is 1.44 bits per heavy atom. The average Bonchev–Trinajstić information content (AvgIpc) is 2.12. The number of primary amides is 1. The van der Waals surface area contributed by atoms with Crippen molar-refractivity contribution in [2.45, 2.75) is 6.42 Å². The molecule has 96 valence electrons. The van der Waals surface area contributed by atoms with Gasteiger partial charge in [0.05, 0.1) is 5.75 Å². The maximum Gasteiger partial charge on any atom is 0.420 e. The lowest BCUT2D eigenvalue weighted by molar-refractivity contribution is 0.212. The molecule has 0 spiro atoms. The molecule has 0 aliphatic carbocycles. The zero-order valence-corrected chi connectivity index (χ0v) is 10.4. The summed E-state index contributed by atoms with van der Waals surface area (Å²) in [6.45, 7) is 2.28. The van der Waals surface area contributed by atoms with E-state index >= 15 is 0 Å². The van der Waals surface area contributed by atoms with E-state index in [0.29, 0.717) is 13.0 Å². The SMILES string of the molecule is CNCCN(C)CCCS(=O)(=O)OC(N)=O. The van der Waals surface area contributed by atoms with Crippen molar-refractivity contribution in [3.8, 4) is 0 Å². The van der Waals surface area contributed by atoms with Crippen molar-refractivity contribution in [2.24, 2.45) is 5.73 Å². The maximum atomic E-state index is 11.1. The minimum absolute atomic E-state index is 0.208. The average molecular weight is 253 g/mol. The fraction of sp³-hybridized carbons (Fsp3) is 0.875. The van der Waals surface area contributed by atoms with Crippen molar-refractivity contribution in [1.82, 2.24) is 10.2 Å². The summed E-state index contributed by atoms with van der Waals surface area (Å²) in [5.74, 6) is -0.208. The van der Waals surface area contributed by atoms with Crippen LogP contribution in [-0.4, -0.2) is 58.9 Å². The second kappa shape index (κ2) is 7.42. The van der Waals surface area contributed by atoms with Gasteiger partial charge in [-0.3, -0.25) is 0 Å². The van der Waals surface area contributed by atoms with Gasteiger partial charge in [-0.2, -0.15) is 8.42 Å². The van der Waals surface area contributed by atoms with E-state index in [1.165, 1.54) is 0 Å². The van der Waals surface area contributed by atoms with Crippen molar-refractivity contribution < 1.29 is 17.4 Å². The van der Waals surface area contributed by atoms with Crippen LogP contribution in [0.5, 0.6) is 0 Å². The van der Waals surface area contributed by atoms with E-state index in [1.807, 2.05) is 19.0 Å². The monoisotopic (exact) mass is 253 g/mol. The molecule has 0 atom stereocenters. The number of nitrogens with two attached hydrogens (primary N) is 1. The van der Waals surface area contributed by atoms with Gasteiger partial charge >= 0.3 is 16.2 Å². The topological polar surface area (TPSA) is 102 Å². The van der Waals surface area contributed by atoms with Crippen molar-refractivity contribution in [2.75, 3.05) is 39.5 Å². The van der Waals surface area contributed by atoms with Crippen LogP contribution in [0.3, 0.4) is 0 Å². The van der Waals surface area contributed by atoms with Crippen molar-refractivity contribution >= 4 is 16.2 Å². The summed E-state index contributed by atoms with van der Waals surface area (Å²) in [5, 5.41) is 2.99. The first kappa shape index (κ1) is 15.1. The summed E-state index contributed by atoms with van der Waals surface area (Å²) in [6, 6.07) is 0. The number of rotatable bonds is 8. The number of nitrogens with one attached hydrogen (secondary N) is 1. The lowest BCUT2D eigenvalue weighted by atomic mass is 10.4. The first-order valence-electron chi connectivity index (χ1n) is 4.92. The molecule has 0 aromatic carbocycles. The van der Waals surface area contributed by atoms with Crippen LogP contribution in [0, 0.1) is 0 Å². The first-order valence-corrected chi connectivity index (χ1v) is 6.50. The quantitative estimate of drug-likeness (QED) is 0.535. The van der Waals surface area contributed by atoms with Gasteiger partial charge in [-0.1, -0.05) is 0 Å². The van der Waals surface area contributed by atoms with E-state index in [2.05, 4.69) is 15.2 Å². The summed E-state index contributed by atoms with van der Waals surface area (Å²) in [5.41, 5.74) is 4.62. The number of nitrogens with zero attached hydrogens (tertiary/aromatic N) is 1. The van der Waals surface area contributed by atoms with Gasteiger partial charge in [0.1, 0.15) is 0 Å². The largest absolute Gasteiger partial charge is 0.420 e. The van der Waals surface area contributed by atoms with Gasteiger partial charge in [0.2, 0.25) is 0 Å². The molecule has 0 unspecified atom stereocenters. The second-order valence-electron chi connectivity index (χ2n) is 3.42. The van der Waals surface area contributed by atoms with Crippen LogP contribution in [0.25, 0.3) is 0 Å². The number of hydrogen-bond acceptors (Lipinski definition) is 6. The van der Waals surface area contributed by atoms with Crippen LogP contribution < -0.4 is 11.1 Å². The smallest absolute Gasteiger partial charge is 0.334 e. The molecule has 3 N–H and O–H groups in total. The molecule has 0 bridgehead atoms. The van der Waals surface area contributed by atoms with Gasteiger partial charge in [0, 0.05) is 13.1 Å². The molecule has 0 aromatic rings. The van der Waals surface area contributed by atoms with Gasteiger partial charge in [-0.15, -0.1) is 0 Å². The molecule has 0 saturated carbocycles. The number of hydrogen-bond donors (Lipinski definition) is 2. The summed E-state index contributed by atoms with van der Waals surface area (Å²) < 4.78 is 26.1. The van der Waals surface area contributed by atoms with E-state index in [1.54, 1.807) is 0 Å². The molecule has 0 aliphatic rings. The minimum Gasteiger partial charge on any atom is -0.334 e. The summed E-state index contributed by atoms with van der Waals surface area (Å²) in [7, 11) is -0.0798. The third-order valence-electron chi connectivity index (χ3n) is 1.89. The Morgan fingerprint density at radius 2 is 2.06 bits per heavy atom. The zero-order valence-electron chi connectivity index (χ0n) is 9.60. The Kier molecular flexibility index (Phi) is 7.02. The number of likely N-dealkylation sites (N-methyl/N-ethyl adjacent to an activating group) is 2. The highest BCUT2D eigenvalue weighted by Crippen LogP contribution is 1.97. The fourth-order valence-electron chi connectivity index (χ4n) is 1.09. The minimum atomic E-state index is -3.81. The van der Waals surface area contributed by atoms with E-state index in [9.17, 15) is 13.2 Å². The van der Waals surface area contributed by atoms with Crippen LogP contribution >= 0.6 is 0 Å². The first-order chi connectivity index (χ1) is 7.37. The van der Waals surface area contributed by atoms with E-state index in [-0.39, 0.29) is 5.75 Å². The lowest BCUT2D eigenvalue weighted by Crippen LogP contribution is -2.29. The molecule has 16 heavy (non-hydrogen) atoms. The summed E-state index contributed by atoms with van der Waals surface area (Å²) in [6.07, 6.45) is -0.890. The molecule has 0 rings (SSSR count). The van der Waals surface area contributed by atoms with Crippen LogP contribution in [0.2, 0.25) is 0 Å². The molecule has 0 saturated heterocycles. The van der Waals surface area contributed by atoms with Gasteiger partial charge in [0.15, 0.2) is 0 Å². The maximum absolute atomic E-state index is 11.1. The van der Waals surface area contributed by atoms with Crippen LogP contribution in [0.15, 0.2) is 0 Å². The normalized spacial score (nSPS) is 11.7. The standard InChI is InChI=1S/C8H19N3O4S/c1-10-4-6-11(2)5-3-7-16(13,14)15-8(9)12/h10H,3-7H2,1-2H3,(H2,9,12). The van der Waals surface area contributed by atoms with E-state index in [4.69, 9.17) is 0 Å². The number of carbonyl (C=O) groups is 1. The van der Waals surface area contributed by atoms with Crippen molar-refractivity contribution in [3.63, 3.8) is 0 Å². The van der Waals surface area contributed by atoms with Gasteiger partial charge < -0.3 is 20.1 Å². The Hall–Kier alpha value is -0.860. The molecule has 0 fully saturated rings. The highest BCUT2D eigenvalue weighted by molar-refractivity contribution is 7.87. The highest BCUT2D eigenvalue weighted by Gasteiger charge is 2.14. The molecular weight excluding hydrogens is 234 g/mol. The number of carbonyl (C=O) groups excluding carboxylic acids is 1. The van der Waals surface area contributed by atoms with Gasteiger partial charge in [-0.25, -0.2) is 4.79 Å². The molecule has 0 radical (unpaired) electrons. The van der Waals surface area contributed by atoms with Crippen LogP contribution in [0.4, 0.5) is 4.79 Å². The molecule has 0 heterocycles. The Morgan fingerprint density at radius 3 is 2.56 bits per heavy atom. The molecule has 0 aromatic heterocycles.